The highest BCUT2D eigenvalue weighted by Gasteiger charge is 2.28. The van der Waals surface area contributed by atoms with Crippen molar-refractivity contribution in [3.8, 4) is 0 Å². The number of nitrogens with two attached hydrogens (primary N) is 1. The Hall–Kier alpha value is -1.59. The van der Waals surface area contributed by atoms with Crippen LogP contribution in [0.3, 0.4) is 0 Å². The fourth-order valence-corrected chi connectivity index (χ4v) is 1.96. The van der Waals surface area contributed by atoms with Crippen molar-refractivity contribution >= 4 is 6.09 Å². The Kier molecular flexibility index (Phi) is 3.38. The first kappa shape index (κ1) is 10.9. The second kappa shape index (κ2) is 4.96. The van der Waals surface area contributed by atoms with Gasteiger partial charge in [-0.05, 0) is 5.56 Å². The summed E-state index contributed by atoms with van der Waals surface area (Å²) in [6.45, 7) is 2.09. The number of nitrogens with one attached hydrogen (secondary N) is 1. The Bertz CT molecular complexity index is 356. The molecule has 0 spiro atoms. The van der Waals surface area contributed by atoms with Gasteiger partial charge < -0.3 is 10.2 Å². The van der Waals surface area contributed by atoms with E-state index in [0.29, 0.717) is 6.54 Å². The Morgan fingerprint density at radius 2 is 2.19 bits per heavy atom. The molecule has 3 N–H and O–H groups in total. The van der Waals surface area contributed by atoms with Crippen LogP contribution in [0.5, 0.6) is 0 Å². The van der Waals surface area contributed by atoms with Crippen molar-refractivity contribution in [1.29, 1.82) is 0 Å². The second-order valence-electron chi connectivity index (χ2n) is 3.71. The van der Waals surface area contributed by atoms with E-state index in [-0.39, 0.29) is 6.04 Å². The zero-order valence-corrected chi connectivity index (χ0v) is 8.93. The number of nitrogens with zero attached hydrogens (tertiary/aromatic N) is 1. The highest BCUT2D eigenvalue weighted by Crippen LogP contribution is 2.22. The number of carbonyl (C=O) groups excluding carboxylic acids is 1. The lowest BCUT2D eigenvalue weighted by Crippen LogP contribution is -2.49. The van der Waals surface area contributed by atoms with Gasteiger partial charge >= 0.3 is 6.09 Å². The highest BCUT2D eigenvalue weighted by molar-refractivity contribution is 5.68. The molecule has 0 radical (unpaired) electrons. The molecule has 0 aromatic heterocycles. The molecular formula is C11H15N3O2. The summed E-state index contributed by atoms with van der Waals surface area (Å²) in [4.78, 5) is 17.4. The molecule has 1 aliphatic rings. The zero-order valence-electron chi connectivity index (χ0n) is 8.93. The lowest BCUT2D eigenvalue weighted by molar-refractivity contribution is 0.0774. The van der Waals surface area contributed by atoms with E-state index in [9.17, 15) is 4.79 Å². The molecule has 1 saturated heterocycles. The van der Waals surface area contributed by atoms with E-state index in [1.165, 1.54) is 0 Å². The van der Waals surface area contributed by atoms with Crippen LogP contribution in [0.25, 0.3) is 0 Å². The van der Waals surface area contributed by atoms with E-state index in [1.807, 2.05) is 30.3 Å². The first-order valence-corrected chi connectivity index (χ1v) is 5.26. The largest absolute Gasteiger partial charge is 0.429 e. The standard InChI is InChI=1S/C11H15N3O2/c12-16-11(15)14-7-6-13-8-10(14)9-4-2-1-3-5-9/h1-5,10,13H,6-8,12H2. The monoisotopic (exact) mass is 221 g/mol. The third-order valence-electron chi connectivity index (χ3n) is 2.76. The quantitative estimate of drug-likeness (QED) is 0.683. The molecule has 0 saturated carbocycles. The maximum atomic E-state index is 11.5. The summed E-state index contributed by atoms with van der Waals surface area (Å²) in [6, 6.07) is 9.84. The lowest BCUT2D eigenvalue weighted by atomic mass is 10.0. The fraction of sp³-hybridized carbons (Fsp3) is 0.364. The molecule has 1 aliphatic heterocycles. The minimum Gasteiger partial charge on any atom is -0.357 e. The second-order valence-corrected chi connectivity index (χ2v) is 3.71. The van der Waals surface area contributed by atoms with Gasteiger partial charge in [-0.25, -0.2) is 4.79 Å². The van der Waals surface area contributed by atoms with Crippen molar-refractivity contribution in [2.24, 2.45) is 5.90 Å². The number of amides is 1. The Morgan fingerprint density at radius 1 is 1.44 bits per heavy atom. The van der Waals surface area contributed by atoms with Crippen LogP contribution in [-0.2, 0) is 4.84 Å². The first-order valence-electron chi connectivity index (χ1n) is 5.26. The normalized spacial score (nSPS) is 20.6. The summed E-state index contributed by atoms with van der Waals surface area (Å²) < 4.78 is 0. The van der Waals surface area contributed by atoms with Crippen LogP contribution in [-0.4, -0.2) is 30.6 Å². The molecule has 1 aromatic carbocycles. The lowest BCUT2D eigenvalue weighted by Gasteiger charge is -2.34. The predicted molar refractivity (Wildman–Crippen MR) is 59.4 cm³/mol. The van der Waals surface area contributed by atoms with Gasteiger partial charge in [0, 0.05) is 19.6 Å². The average molecular weight is 221 g/mol. The number of benzene rings is 1. The molecule has 2 rings (SSSR count). The molecule has 1 atom stereocenters. The van der Waals surface area contributed by atoms with Crippen molar-refractivity contribution in [2.75, 3.05) is 19.6 Å². The fourth-order valence-electron chi connectivity index (χ4n) is 1.96. The van der Waals surface area contributed by atoms with Gasteiger partial charge in [-0.2, -0.15) is 5.90 Å². The molecule has 86 valence electrons. The Labute approximate surface area is 94.1 Å². The Morgan fingerprint density at radius 3 is 2.88 bits per heavy atom. The molecular weight excluding hydrogens is 206 g/mol. The van der Waals surface area contributed by atoms with Crippen LogP contribution in [0, 0.1) is 0 Å². The topological polar surface area (TPSA) is 67.6 Å². The van der Waals surface area contributed by atoms with Crippen molar-refractivity contribution in [3.05, 3.63) is 35.9 Å². The number of hydrogen-bond acceptors (Lipinski definition) is 4. The molecule has 1 unspecified atom stereocenters. The Balaban J connectivity index is 2.20. The molecule has 1 fully saturated rings. The van der Waals surface area contributed by atoms with Crippen molar-refractivity contribution < 1.29 is 9.63 Å². The van der Waals surface area contributed by atoms with Crippen molar-refractivity contribution in [1.82, 2.24) is 10.2 Å². The summed E-state index contributed by atoms with van der Waals surface area (Å²) >= 11 is 0. The van der Waals surface area contributed by atoms with Crippen molar-refractivity contribution in [3.63, 3.8) is 0 Å². The number of rotatable bonds is 1. The third-order valence-corrected chi connectivity index (χ3v) is 2.76. The smallest absolute Gasteiger partial charge is 0.357 e. The SMILES string of the molecule is NOC(=O)N1CCNCC1c1ccccc1. The van der Waals surface area contributed by atoms with Crippen LogP contribution >= 0.6 is 0 Å². The van der Waals surface area contributed by atoms with Crippen LogP contribution in [0.1, 0.15) is 11.6 Å². The van der Waals surface area contributed by atoms with Crippen LogP contribution in [0.15, 0.2) is 30.3 Å². The van der Waals surface area contributed by atoms with E-state index in [2.05, 4.69) is 10.2 Å². The molecule has 5 heteroatoms. The number of hydrogen-bond donors (Lipinski definition) is 2. The molecule has 1 aromatic rings. The van der Waals surface area contributed by atoms with Gasteiger partial charge in [0.2, 0.25) is 0 Å². The summed E-state index contributed by atoms with van der Waals surface area (Å²) in [5.41, 5.74) is 1.08. The van der Waals surface area contributed by atoms with Gasteiger partial charge in [0.05, 0.1) is 6.04 Å². The minimum absolute atomic E-state index is 0.00833. The molecule has 0 aliphatic carbocycles. The van der Waals surface area contributed by atoms with E-state index in [1.54, 1.807) is 4.90 Å². The van der Waals surface area contributed by atoms with Gasteiger partial charge in [0.25, 0.3) is 0 Å². The zero-order chi connectivity index (χ0) is 11.4. The number of piperazine rings is 1. The minimum atomic E-state index is -0.477. The summed E-state index contributed by atoms with van der Waals surface area (Å²) in [6.07, 6.45) is -0.477. The van der Waals surface area contributed by atoms with E-state index in [0.717, 1.165) is 18.7 Å². The van der Waals surface area contributed by atoms with Crippen LogP contribution < -0.4 is 11.2 Å². The van der Waals surface area contributed by atoms with Gasteiger partial charge in [0.1, 0.15) is 0 Å². The maximum Gasteiger partial charge on any atom is 0.429 e. The summed E-state index contributed by atoms with van der Waals surface area (Å²) in [5.74, 6) is 4.93. The average Bonchev–Trinajstić information content (AvgIpc) is 2.39. The van der Waals surface area contributed by atoms with E-state index >= 15 is 0 Å². The molecule has 5 nitrogen and oxygen atoms in total. The van der Waals surface area contributed by atoms with Gasteiger partial charge in [-0.1, -0.05) is 30.3 Å². The molecule has 0 bridgehead atoms. The first-order chi connectivity index (χ1) is 7.83. The highest BCUT2D eigenvalue weighted by atomic mass is 16.7. The van der Waals surface area contributed by atoms with Gasteiger partial charge in [-0.15, -0.1) is 0 Å². The third kappa shape index (κ3) is 2.15. The molecule has 1 amide bonds. The molecule has 16 heavy (non-hydrogen) atoms. The van der Waals surface area contributed by atoms with Crippen molar-refractivity contribution in [2.45, 2.75) is 6.04 Å². The van der Waals surface area contributed by atoms with Crippen LogP contribution in [0.4, 0.5) is 4.79 Å². The van der Waals surface area contributed by atoms with E-state index in [4.69, 9.17) is 5.90 Å². The maximum absolute atomic E-state index is 11.5. The van der Waals surface area contributed by atoms with Gasteiger partial charge in [0.15, 0.2) is 0 Å². The predicted octanol–water partition coefficient (Wildman–Crippen LogP) is 0.643. The van der Waals surface area contributed by atoms with Crippen LogP contribution in [0.2, 0.25) is 0 Å². The summed E-state index contributed by atoms with van der Waals surface area (Å²) in [5, 5.41) is 3.25. The van der Waals surface area contributed by atoms with Gasteiger partial charge in [-0.3, -0.25) is 4.90 Å². The van der Waals surface area contributed by atoms with E-state index < -0.39 is 6.09 Å². The number of carbonyl (C=O) groups is 1. The molecule has 1 heterocycles. The summed E-state index contributed by atoms with van der Waals surface area (Å²) in [7, 11) is 0.